The molecule has 0 spiro atoms. The summed E-state index contributed by atoms with van der Waals surface area (Å²) in [4.78, 5) is 14.1. The Hall–Kier alpha value is -3.18. The van der Waals surface area contributed by atoms with Crippen molar-refractivity contribution >= 4 is 15.8 Å². The van der Waals surface area contributed by atoms with E-state index < -0.39 is 34.2 Å². The van der Waals surface area contributed by atoms with E-state index in [1.54, 1.807) is 50.5 Å². The molecule has 0 aliphatic carbocycles. The molecule has 7 nitrogen and oxygen atoms in total. The maximum atomic E-state index is 13.3. The van der Waals surface area contributed by atoms with Gasteiger partial charge in [0.2, 0.25) is 0 Å². The zero-order valence-corrected chi connectivity index (χ0v) is 19.7. The topological polar surface area (TPSA) is 81.5 Å². The standard InChI is InChI=1S/C23H24F3N3O4S/c1-28(2)11-12-33-22(30)15-29-20(14-21(27-29)23(24,25)26)17-9-7-16(8-10-17)18-5-4-6-19(13-18)34(3,31)32/h4-10,13-14H,11-12,15H2,1-3H3. The number of halogens is 3. The van der Waals surface area contributed by atoms with Gasteiger partial charge in [-0.3, -0.25) is 9.48 Å². The second-order valence-electron chi connectivity index (χ2n) is 7.97. The molecule has 0 amide bonds. The number of esters is 1. The molecule has 0 atom stereocenters. The summed E-state index contributed by atoms with van der Waals surface area (Å²) in [6.07, 6.45) is -3.57. The van der Waals surface area contributed by atoms with Gasteiger partial charge in [-0.2, -0.15) is 18.3 Å². The Morgan fingerprint density at radius 3 is 2.26 bits per heavy atom. The molecule has 182 valence electrons. The highest BCUT2D eigenvalue weighted by molar-refractivity contribution is 7.90. The van der Waals surface area contributed by atoms with Crippen LogP contribution >= 0.6 is 0 Å². The van der Waals surface area contributed by atoms with E-state index in [4.69, 9.17) is 4.74 Å². The zero-order chi connectivity index (χ0) is 25.1. The van der Waals surface area contributed by atoms with Crippen molar-refractivity contribution in [1.82, 2.24) is 14.7 Å². The average molecular weight is 496 g/mol. The van der Waals surface area contributed by atoms with Crippen molar-refractivity contribution in [1.29, 1.82) is 0 Å². The zero-order valence-electron chi connectivity index (χ0n) is 18.8. The van der Waals surface area contributed by atoms with E-state index in [9.17, 15) is 26.4 Å². The van der Waals surface area contributed by atoms with Crippen molar-refractivity contribution in [3.05, 3.63) is 60.3 Å². The fourth-order valence-corrected chi connectivity index (χ4v) is 3.82. The first-order chi connectivity index (χ1) is 15.8. The number of nitrogens with zero attached hydrogens (tertiary/aromatic N) is 3. The van der Waals surface area contributed by atoms with Gasteiger partial charge in [0.05, 0.1) is 10.6 Å². The van der Waals surface area contributed by atoms with Gasteiger partial charge in [0.25, 0.3) is 0 Å². The summed E-state index contributed by atoms with van der Waals surface area (Å²) in [5.74, 6) is -0.700. The van der Waals surface area contributed by atoms with Crippen LogP contribution in [0.25, 0.3) is 22.4 Å². The highest BCUT2D eigenvalue weighted by Gasteiger charge is 2.35. The van der Waals surface area contributed by atoms with E-state index in [2.05, 4.69) is 5.10 Å². The van der Waals surface area contributed by atoms with Crippen molar-refractivity contribution in [2.75, 3.05) is 33.5 Å². The molecule has 34 heavy (non-hydrogen) atoms. The second kappa shape index (κ2) is 9.98. The Kier molecular flexibility index (Phi) is 7.47. The van der Waals surface area contributed by atoms with Crippen molar-refractivity contribution in [3.8, 4) is 22.4 Å². The van der Waals surface area contributed by atoms with Gasteiger partial charge < -0.3 is 9.64 Å². The van der Waals surface area contributed by atoms with Crippen LogP contribution in [0.15, 0.2) is 59.5 Å². The number of carbonyl (C=O) groups is 1. The molecule has 0 aliphatic rings. The number of likely N-dealkylation sites (N-methyl/N-ethyl adjacent to an activating group) is 1. The summed E-state index contributed by atoms with van der Waals surface area (Å²) >= 11 is 0. The lowest BCUT2D eigenvalue weighted by molar-refractivity contribution is -0.146. The van der Waals surface area contributed by atoms with Crippen LogP contribution in [0.3, 0.4) is 0 Å². The monoisotopic (exact) mass is 495 g/mol. The van der Waals surface area contributed by atoms with Crippen LogP contribution in [0.5, 0.6) is 0 Å². The van der Waals surface area contributed by atoms with Crippen LogP contribution in [0, 0.1) is 0 Å². The molecule has 1 aromatic heterocycles. The number of alkyl halides is 3. The minimum atomic E-state index is -4.68. The Labute approximate surface area is 195 Å². The molecule has 0 fully saturated rings. The molecule has 2 aromatic carbocycles. The largest absolute Gasteiger partial charge is 0.463 e. The van der Waals surface area contributed by atoms with E-state index in [1.807, 2.05) is 4.90 Å². The van der Waals surface area contributed by atoms with Gasteiger partial charge in [0.15, 0.2) is 15.5 Å². The smallest absolute Gasteiger partial charge is 0.435 e. The quantitative estimate of drug-likeness (QED) is 0.443. The van der Waals surface area contributed by atoms with Crippen molar-refractivity contribution < 1.29 is 31.1 Å². The third-order valence-electron chi connectivity index (χ3n) is 4.93. The molecule has 0 bridgehead atoms. The van der Waals surface area contributed by atoms with Crippen LogP contribution < -0.4 is 0 Å². The van der Waals surface area contributed by atoms with E-state index >= 15 is 0 Å². The maximum Gasteiger partial charge on any atom is 0.435 e. The minimum absolute atomic E-state index is 0.105. The summed E-state index contributed by atoms with van der Waals surface area (Å²) in [6.45, 7) is 0.111. The fraction of sp³-hybridized carbons (Fsp3) is 0.304. The Balaban J connectivity index is 1.90. The second-order valence-corrected chi connectivity index (χ2v) is 9.99. The molecular formula is C23H24F3N3O4S. The molecule has 0 unspecified atom stereocenters. The van der Waals surface area contributed by atoms with E-state index in [-0.39, 0.29) is 17.2 Å². The molecule has 3 rings (SSSR count). The van der Waals surface area contributed by atoms with Gasteiger partial charge in [0, 0.05) is 12.8 Å². The summed E-state index contributed by atoms with van der Waals surface area (Å²) < 4.78 is 69.6. The minimum Gasteiger partial charge on any atom is -0.463 e. The lowest BCUT2D eigenvalue weighted by atomic mass is 10.0. The van der Waals surface area contributed by atoms with Crippen LogP contribution in [0.4, 0.5) is 13.2 Å². The summed E-state index contributed by atoms with van der Waals surface area (Å²) in [5.41, 5.74) is 0.719. The van der Waals surface area contributed by atoms with Gasteiger partial charge in [-0.05, 0) is 49.0 Å². The number of ether oxygens (including phenoxy) is 1. The van der Waals surface area contributed by atoms with Crippen LogP contribution in [0.2, 0.25) is 0 Å². The number of rotatable bonds is 8. The lowest BCUT2D eigenvalue weighted by Gasteiger charge is -2.11. The van der Waals surface area contributed by atoms with Gasteiger partial charge in [-0.15, -0.1) is 0 Å². The van der Waals surface area contributed by atoms with Crippen molar-refractivity contribution in [3.63, 3.8) is 0 Å². The van der Waals surface area contributed by atoms with Crippen LogP contribution in [-0.2, 0) is 32.1 Å². The molecule has 0 N–H and O–H groups in total. The predicted octanol–water partition coefficient (Wildman–Crippen LogP) is 3.74. The summed E-state index contributed by atoms with van der Waals surface area (Å²) in [5, 5.41) is 3.57. The number of sulfone groups is 1. The highest BCUT2D eigenvalue weighted by atomic mass is 32.2. The Morgan fingerprint density at radius 2 is 1.68 bits per heavy atom. The normalized spacial score (nSPS) is 12.2. The van der Waals surface area contributed by atoms with Crippen molar-refractivity contribution in [2.45, 2.75) is 17.6 Å². The molecule has 1 heterocycles. The molecule has 11 heteroatoms. The van der Waals surface area contributed by atoms with Crippen molar-refractivity contribution in [2.24, 2.45) is 0 Å². The molecule has 0 aliphatic heterocycles. The van der Waals surface area contributed by atoms with E-state index in [1.165, 1.54) is 12.1 Å². The number of hydrogen-bond acceptors (Lipinski definition) is 6. The van der Waals surface area contributed by atoms with Gasteiger partial charge in [-0.1, -0.05) is 36.4 Å². The summed E-state index contributed by atoms with van der Waals surface area (Å²) in [7, 11) is 0.214. The fourth-order valence-electron chi connectivity index (χ4n) is 3.16. The molecule has 0 saturated carbocycles. The van der Waals surface area contributed by atoms with E-state index in [0.29, 0.717) is 23.2 Å². The maximum absolute atomic E-state index is 13.3. The average Bonchev–Trinajstić information content (AvgIpc) is 3.17. The summed E-state index contributed by atoms with van der Waals surface area (Å²) in [6, 6.07) is 13.8. The van der Waals surface area contributed by atoms with E-state index in [0.717, 1.165) is 17.0 Å². The van der Waals surface area contributed by atoms with Gasteiger partial charge >= 0.3 is 12.1 Å². The molecule has 0 saturated heterocycles. The Morgan fingerprint density at radius 1 is 1.03 bits per heavy atom. The third-order valence-corrected chi connectivity index (χ3v) is 6.04. The first-order valence-corrected chi connectivity index (χ1v) is 12.1. The number of hydrogen-bond donors (Lipinski definition) is 0. The Bertz CT molecular complexity index is 1270. The first-order valence-electron chi connectivity index (χ1n) is 10.2. The SMILES string of the molecule is CN(C)CCOC(=O)Cn1nc(C(F)(F)F)cc1-c1ccc(-c2cccc(S(C)(=O)=O)c2)cc1. The molecule has 3 aromatic rings. The molecular weight excluding hydrogens is 471 g/mol. The third kappa shape index (κ3) is 6.45. The van der Waals surface area contributed by atoms with Gasteiger partial charge in [-0.25, -0.2) is 8.42 Å². The van der Waals surface area contributed by atoms with Crippen LogP contribution in [-0.4, -0.2) is 62.6 Å². The first kappa shape index (κ1) is 25.4. The lowest BCUT2D eigenvalue weighted by Crippen LogP contribution is -2.22. The number of carbonyl (C=O) groups excluding carboxylic acids is 1. The number of benzene rings is 2. The van der Waals surface area contributed by atoms with Crippen LogP contribution in [0.1, 0.15) is 5.69 Å². The number of aromatic nitrogens is 2. The highest BCUT2D eigenvalue weighted by Crippen LogP contribution is 2.33. The van der Waals surface area contributed by atoms with Gasteiger partial charge in [0.1, 0.15) is 13.2 Å². The predicted molar refractivity (Wildman–Crippen MR) is 121 cm³/mol. The molecule has 0 radical (unpaired) electrons.